The lowest BCUT2D eigenvalue weighted by molar-refractivity contribution is -0.132. The summed E-state index contributed by atoms with van der Waals surface area (Å²) in [5.41, 5.74) is 0.535. The predicted octanol–water partition coefficient (Wildman–Crippen LogP) is 4.38. The molecule has 0 saturated heterocycles. The van der Waals surface area contributed by atoms with Crippen LogP contribution in [-0.2, 0) is 9.59 Å². The molecule has 0 radical (unpaired) electrons. The van der Waals surface area contributed by atoms with Crippen molar-refractivity contribution in [3.8, 4) is 0 Å². The van der Waals surface area contributed by atoms with Crippen LogP contribution in [0.2, 0.25) is 0 Å². The fourth-order valence-electron chi connectivity index (χ4n) is 6.42. The van der Waals surface area contributed by atoms with E-state index in [0.29, 0.717) is 30.0 Å². The van der Waals surface area contributed by atoms with Gasteiger partial charge < -0.3 is 0 Å². The van der Waals surface area contributed by atoms with Crippen molar-refractivity contribution in [2.75, 3.05) is 0 Å². The zero-order valence-corrected chi connectivity index (χ0v) is 13.6. The Hall–Kier alpha value is -0.990. The molecule has 0 aromatic carbocycles. The van der Waals surface area contributed by atoms with Crippen molar-refractivity contribution in [2.45, 2.75) is 65.2 Å². The number of Topliss-reactive ketones (excluding diaryl/α,β-unsaturated/α-hetero) is 2. The molecule has 0 heterocycles. The van der Waals surface area contributed by atoms with Crippen LogP contribution in [0.5, 0.6) is 0 Å². The van der Waals surface area contributed by atoms with Gasteiger partial charge in [0, 0.05) is 18.3 Å². The smallest absolute Gasteiger partial charge is 0.191 e. The Morgan fingerprint density at radius 1 is 0.909 bits per heavy atom. The summed E-state index contributed by atoms with van der Waals surface area (Å²) < 4.78 is 14.4. The molecule has 0 aliphatic heterocycles. The summed E-state index contributed by atoms with van der Waals surface area (Å²) in [6.45, 7) is 4.35. The number of carbonyl (C=O) groups excluding carboxylic acids is 2. The van der Waals surface area contributed by atoms with Crippen LogP contribution in [0, 0.1) is 28.6 Å². The maximum atomic E-state index is 14.4. The summed E-state index contributed by atoms with van der Waals surface area (Å²) >= 11 is 0. The Morgan fingerprint density at radius 2 is 1.64 bits per heavy atom. The second-order valence-corrected chi connectivity index (χ2v) is 8.47. The average molecular weight is 304 g/mol. The Morgan fingerprint density at radius 3 is 2.41 bits per heavy atom. The Labute approximate surface area is 131 Å². The highest BCUT2D eigenvalue weighted by Gasteiger charge is 2.59. The molecular formula is C19H25FO2. The molecule has 3 heteroatoms. The van der Waals surface area contributed by atoms with Crippen LogP contribution in [0.3, 0.4) is 0 Å². The average Bonchev–Trinajstić information content (AvgIpc) is 2.79. The number of carbonyl (C=O) groups is 2. The first kappa shape index (κ1) is 14.6. The lowest BCUT2D eigenvalue weighted by Crippen LogP contribution is -2.51. The Balaban J connectivity index is 1.73. The minimum atomic E-state index is -0.428. The molecule has 0 aromatic rings. The molecule has 4 rings (SSSR count). The molecule has 5 atom stereocenters. The zero-order valence-electron chi connectivity index (χ0n) is 13.6. The molecule has 0 N–H and O–H groups in total. The number of hydrogen-bond acceptors (Lipinski definition) is 2. The Kier molecular flexibility index (Phi) is 3.00. The van der Waals surface area contributed by atoms with Gasteiger partial charge in [-0.2, -0.15) is 0 Å². The van der Waals surface area contributed by atoms with Gasteiger partial charge in [-0.1, -0.05) is 13.8 Å². The minimum absolute atomic E-state index is 0.123. The largest absolute Gasteiger partial charge is 0.299 e. The van der Waals surface area contributed by atoms with Gasteiger partial charge in [-0.25, -0.2) is 4.39 Å². The number of ketones is 2. The number of rotatable bonds is 0. The lowest BCUT2D eigenvalue weighted by Gasteiger charge is -2.56. The van der Waals surface area contributed by atoms with Crippen molar-refractivity contribution in [3.63, 3.8) is 0 Å². The molecule has 2 nitrogen and oxygen atoms in total. The summed E-state index contributed by atoms with van der Waals surface area (Å²) in [6, 6.07) is 0. The fourth-order valence-corrected chi connectivity index (χ4v) is 6.42. The van der Waals surface area contributed by atoms with E-state index in [2.05, 4.69) is 13.8 Å². The van der Waals surface area contributed by atoms with E-state index < -0.39 is 5.83 Å². The molecule has 0 spiro atoms. The molecule has 3 saturated carbocycles. The quantitative estimate of drug-likeness (QED) is 0.665. The first-order chi connectivity index (χ1) is 10.4. The fraction of sp³-hybridized carbons (Fsp3) is 0.789. The van der Waals surface area contributed by atoms with Gasteiger partial charge in [0.1, 0.15) is 5.78 Å². The zero-order chi connectivity index (χ0) is 15.7. The van der Waals surface area contributed by atoms with Gasteiger partial charge in [0.15, 0.2) is 11.6 Å². The van der Waals surface area contributed by atoms with Crippen LogP contribution >= 0.6 is 0 Å². The van der Waals surface area contributed by atoms with E-state index in [1.165, 1.54) is 0 Å². The predicted molar refractivity (Wildman–Crippen MR) is 81.8 cm³/mol. The van der Waals surface area contributed by atoms with Crippen molar-refractivity contribution in [3.05, 3.63) is 11.4 Å². The number of halogens is 1. The molecule has 0 aromatic heterocycles. The van der Waals surface area contributed by atoms with Crippen molar-refractivity contribution in [2.24, 2.45) is 28.6 Å². The van der Waals surface area contributed by atoms with Crippen LogP contribution in [0.25, 0.3) is 0 Å². The first-order valence-electron chi connectivity index (χ1n) is 8.83. The van der Waals surface area contributed by atoms with Crippen LogP contribution in [0.15, 0.2) is 11.4 Å². The monoisotopic (exact) mass is 304 g/mol. The van der Waals surface area contributed by atoms with Crippen LogP contribution in [0.1, 0.15) is 65.2 Å². The topological polar surface area (TPSA) is 34.1 Å². The highest BCUT2D eigenvalue weighted by atomic mass is 19.1. The maximum Gasteiger partial charge on any atom is 0.191 e. The molecule has 3 fully saturated rings. The summed E-state index contributed by atoms with van der Waals surface area (Å²) in [5.74, 6) is 1.22. The molecular weight excluding hydrogens is 279 g/mol. The van der Waals surface area contributed by atoms with E-state index in [9.17, 15) is 14.0 Å². The summed E-state index contributed by atoms with van der Waals surface area (Å²) in [7, 11) is 0. The third-order valence-electron chi connectivity index (χ3n) is 7.76. The summed E-state index contributed by atoms with van der Waals surface area (Å²) in [5, 5.41) is 0. The van der Waals surface area contributed by atoms with E-state index in [1.807, 2.05) is 0 Å². The van der Waals surface area contributed by atoms with E-state index >= 15 is 0 Å². The van der Waals surface area contributed by atoms with Crippen molar-refractivity contribution in [1.29, 1.82) is 0 Å². The second-order valence-electron chi connectivity index (χ2n) is 8.47. The summed E-state index contributed by atoms with van der Waals surface area (Å²) in [6.07, 6.45) is 6.56. The van der Waals surface area contributed by atoms with Crippen LogP contribution in [0.4, 0.5) is 4.39 Å². The molecule has 0 bridgehead atoms. The van der Waals surface area contributed by atoms with E-state index in [0.717, 1.165) is 50.5 Å². The second kappa shape index (κ2) is 4.52. The van der Waals surface area contributed by atoms with Crippen LogP contribution < -0.4 is 0 Å². The number of fused-ring (bicyclic) bond motifs is 5. The van der Waals surface area contributed by atoms with Crippen molar-refractivity contribution in [1.82, 2.24) is 0 Å². The number of allylic oxidation sites excluding steroid dienone is 1. The van der Waals surface area contributed by atoms with E-state index in [1.54, 1.807) is 0 Å². The van der Waals surface area contributed by atoms with E-state index in [4.69, 9.17) is 0 Å². The maximum absolute atomic E-state index is 14.4. The van der Waals surface area contributed by atoms with Gasteiger partial charge in [-0.05, 0) is 67.3 Å². The highest BCUT2D eigenvalue weighted by Crippen LogP contribution is 2.64. The first-order valence-corrected chi connectivity index (χ1v) is 8.83. The minimum Gasteiger partial charge on any atom is -0.299 e. The third kappa shape index (κ3) is 1.66. The van der Waals surface area contributed by atoms with Crippen molar-refractivity contribution < 1.29 is 14.0 Å². The molecule has 4 aliphatic carbocycles. The van der Waals surface area contributed by atoms with Gasteiger partial charge in [-0.15, -0.1) is 0 Å². The van der Waals surface area contributed by atoms with Crippen LogP contribution in [-0.4, -0.2) is 11.6 Å². The standard InChI is InChI=1S/C19H25FO2/c1-18-10-8-15(21)17(20)14(18)4-3-11-12-5-6-16(22)19(12,2)9-7-13(11)18/h11-13H,3-10H2,1-2H3/t11-,12-,13+,18+,19-/m0/s1. The molecule has 0 unspecified atom stereocenters. The molecule has 120 valence electrons. The Bertz CT molecular complexity index is 592. The normalized spacial score (nSPS) is 48.0. The van der Waals surface area contributed by atoms with Gasteiger partial charge in [0.2, 0.25) is 0 Å². The molecule has 0 amide bonds. The SMILES string of the molecule is C[C@]12CCC(=O)C(F)=C1CC[C@@H]1[C@H]2CC[C@]2(C)C(=O)CC[C@@H]12. The third-order valence-corrected chi connectivity index (χ3v) is 7.76. The molecule has 22 heavy (non-hydrogen) atoms. The highest BCUT2D eigenvalue weighted by molar-refractivity contribution is 5.95. The lowest BCUT2D eigenvalue weighted by atomic mass is 9.47. The van der Waals surface area contributed by atoms with E-state index in [-0.39, 0.29) is 16.6 Å². The van der Waals surface area contributed by atoms with Gasteiger partial charge >= 0.3 is 0 Å². The molecule has 4 aliphatic rings. The van der Waals surface area contributed by atoms with Gasteiger partial charge in [0.25, 0.3) is 0 Å². The van der Waals surface area contributed by atoms with Gasteiger partial charge in [0.05, 0.1) is 0 Å². The van der Waals surface area contributed by atoms with Crippen molar-refractivity contribution >= 4 is 11.6 Å². The summed E-state index contributed by atoms with van der Waals surface area (Å²) in [4.78, 5) is 24.1. The number of hydrogen-bond donors (Lipinski definition) is 0. The van der Waals surface area contributed by atoms with Gasteiger partial charge in [-0.3, -0.25) is 9.59 Å².